The Hall–Kier alpha value is 0.400. The second-order valence-electron chi connectivity index (χ2n) is 2.40. The summed E-state index contributed by atoms with van der Waals surface area (Å²) >= 11 is 6.92. The van der Waals surface area contributed by atoms with Gasteiger partial charge in [-0.2, -0.15) is 0 Å². The summed E-state index contributed by atoms with van der Waals surface area (Å²) in [5.41, 5.74) is 5.37. The lowest BCUT2D eigenvalue weighted by Crippen LogP contribution is -1.98. The Labute approximate surface area is 79.1 Å². The SMILES string of the molecule is CCSC(=S)CCCCCN. The second kappa shape index (κ2) is 8.50. The average molecular weight is 191 g/mol. The molecular formula is C8H17NS2. The molecule has 0 aromatic heterocycles. The van der Waals surface area contributed by atoms with Crippen LogP contribution in [0.4, 0.5) is 0 Å². The van der Waals surface area contributed by atoms with Crippen LogP contribution in [0, 0.1) is 0 Å². The minimum Gasteiger partial charge on any atom is -0.330 e. The third-order valence-electron chi connectivity index (χ3n) is 1.39. The first-order valence-corrected chi connectivity index (χ1v) is 5.56. The Balaban J connectivity index is 3.04. The van der Waals surface area contributed by atoms with Gasteiger partial charge in [0.15, 0.2) is 0 Å². The molecule has 3 heteroatoms. The van der Waals surface area contributed by atoms with Gasteiger partial charge in [-0.15, -0.1) is 11.8 Å². The molecule has 0 aliphatic carbocycles. The molecule has 0 atom stereocenters. The van der Waals surface area contributed by atoms with Gasteiger partial charge in [-0.05, 0) is 31.6 Å². The predicted octanol–water partition coefficient (Wildman–Crippen LogP) is 2.59. The van der Waals surface area contributed by atoms with E-state index >= 15 is 0 Å². The van der Waals surface area contributed by atoms with Crippen LogP contribution in [0.2, 0.25) is 0 Å². The summed E-state index contributed by atoms with van der Waals surface area (Å²) in [5, 5.41) is 0. The molecule has 0 aliphatic rings. The number of unbranched alkanes of at least 4 members (excludes halogenated alkanes) is 2. The smallest absolute Gasteiger partial charge is 0.0478 e. The molecule has 0 aromatic carbocycles. The molecular weight excluding hydrogens is 174 g/mol. The average Bonchev–Trinajstić information content (AvgIpc) is 1.99. The maximum absolute atomic E-state index is 5.37. The summed E-state index contributed by atoms with van der Waals surface area (Å²) in [6, 6.07) is 0. The van der Waals surface area contributed by atoms with Crippen LogP contribution in [0.5, 0.6) is 0 Å². The van der Waals surface area contributed by atoms with Crippen molar-refractivity contribution in [3.8, 4) is 0 Å². The molecule has 0 amide bonds. The van der Waals surface area contributed by atoms with E-state index in [4.69, 9.17) is 18.0 Å². The van der Waals surface area contributed by atoms with Crippen LogP contribution < -0.4 is 5.73 Å². The van der Waals surface area contributed by atoms with Crippen LogP contribution >= 0.6 is 24.0 Å². The maximum atomic E-state index is 5.37. The minimum absolute atomic E-state index is 0.813. The van der Waals surface area contributed by atoms with E-state index in [-0.39, 0.29) is 0 Å². The van der Waals surface area contributed by atoms with E-state index in [1.807, 2.05) is 0 Å². The standard InChI is InChI=1S/C8H17NS2/c1-2-11-8(10)6-4-3-5-7-9/h2-7,9H2,1H3. The number of thiocarbonyl (C=S) groups is 1. The van der Waals surface area contributed by atoms with Gasteiger partial charge < -0.3 is 5.73 Å². The van der Waals surface area contributed by atoms with Gasteiger partial charge in [-0.3, -0.25) is 0 Å². The molecule has 11 heavy (non-hydrogen) atoms. The quantitative estimate of drug-likeness (QED) is 0.516. The largest absolute Gasteiger partial charge is 0.330 e. The van der Waals surface area contributed by atoms with E-state index in [0.717, 1.165) is 29.3 Å². The van der Waals surface area contributed by atoms with Crippen molar-refractivity contribution in [2.45, 2.75) is 32.6 Å². The van der Waals surface area contributed by atoms with E-state index in [1.165, 1.54) is 12.8 Å². The summed E-state index contributed by atoms with van der Waals surface area (Å²) in [4.78, 5) is 0. The second-order valence-corrected chi connectivity index (χ2v) is 4.51. The van der Waals surface area contributed by atoms with E-state index in [0.29, 0.717) is 0 Å². The molecule has 0 unspecified atom stereocenters. The highest BCUT2D eigenvalue weighted by Crippen LogP contribution is 2.10. The highest BCUT2D eigenvalue weighted by atomic mass is 32.2. The maximum Gasteiger partial charge on any atom is 0.0478 e. The van der Waals surface area contributed by atoms with Gasteiger partial charge in [-0.1, -0.05) is 25.6 Å². The van der Waals surface area contributed by atoms with Crippen LogP contribution in [0.3, 0.4) is 0 Å². The zero-order valence-electron chi connectivity index (χ0n) is 7.14. The number of thioether (sulfide) groups is 1. The molecule has 0 aromatic rings. The summed E-state index contributed by atoms with van der Waals surface area (Å²) in [6.07, 6.45) is 4.66. The Morgan fingerprint density at radius 2 is 2.09 bits per heavy atom. The van der Waals surface area contributed by atoms with Gasteiger partial charge in [0.25, 0.3) is 0 Å². The third-order valence-corrected chi connectivity index (χ3v) is 2.76. The van der Waals surface area contributed by atoms with Crippen molar-refractivity contribution >= 4 is 28.2 Å². The highest BCUT2D eigenvalue weighted by molar-refractivity contribution is 8.23. The van der Waals surface area contributed by atoms with Gasteiger partial charge in [0.2, 0.25) is 0 Å². The summed E-state index contributed by atoms with van der Waals surface area (Å²) in [7, 11) is 0. The lowest BCUT2D eigenvalue weighted by atomic mass is 10.2. The molecule has 2 N–H and O–H groups in total. The Bertz CT molecular complexity index is 104. The fraction of sp³-hybridized carbons (Fsp3) is 0.875. The summed E-state index contributed by atoms with van der Waals surface area (Å²) in [5.74, 6) is 1.11. The molecule has 0 rings (SSSR count). The van der Waals surface area contributed by atoms with Gasteiger partial charge >= 0.3 is 0 Å². The van der Waals surface area contributed by atoms with Crippen LogP contribution in [-0.2, 0) is 0 Å². The molecule has 66 valence electrons. The van der Waals surface area contributed by atoms with E-state index in [2.05, 4.69) is 6.92 Å². The first kappa shape index (κ1) is 11.4. The predicted molar refractivity (Wildman–Crippen MR) is 58.3 cm³/mol. The molecule has 0 radical (unpaired) electrons. The van der Waals surface area contributed by atoms with Gasteiger partial charge in [0.1, 0.15) is 0 Å². The molecule has 0 aliphatic heterocycles. The van der Waals surface area contributed by atoms with Crippen molar-refractivity contribution in [2.24, 2.45) is 5.73 Å². The minimum atomic E-state index is 0.813. The van der Waals surface area contributed by atoms with Crippen molar-refractivity contribution in [1.29, 1.82) is 0 Å². The first-order valence-electron chi connectivity index (χ1n) is 4.17. The fourth-order valence-corrected chi connectivity index (χ4v) is 1.93. The number of rotatable bonds is 6. The number of hydrogen-bond acceptors (Lipinski definition) is 3. The van der Waals surface area contributed by atoms with Gasteiger partial charge in [0.05, 0.1) is 0 Å². The lowest BCUT2D eigenvalue weighted by Gasteiger charge is -2.00. The zero-order chi connectivity index (χ0) is 8.53. The first-order chi connectivity index (χ1) is 5.31. The van der Waals surface area contributed by atoms with E-state index in [9.17, 15) is 0 Å². The third kappa shape index (κ3) is 8.30. The van der Waals surface area contributed by atoms with Crippen LogP contribution in [0.15, 0.2) is 0 Å². The topological polar surface area (TPSA) is 26.0 Å². The normalized spacial score (nSPS) is 10.0. The highest BCUT2D eigenvalue weighted by Gasteiger charge is 1.94. The fourth-order valence-electron chi connectivity index (χ4n) is 0.824. The van der Waals surface area contributed by atoms with Crippen LogP contribution in [0.1, 0.15) is 32.6 Å². The molecule has 0 fully saturated rings. The van der Waals surface area contributed by atoms with Gasteiger partial charge in [-0.25, -0.2) is 0 Å². The van der Waals surface area contributed by atoms with E-state index < -0.39 is 0 Å². The molecule has 1 nitrogen and oxygen atoms in total. The van der Waals surface area contributed by atoms with Crippen molar-refractivity contribution in [3.63, 3.8) is 0 Å². The Morgan fingerprint density at radius 1 is 1.36 bits per heavy atom. The summed E-state index contributed by atoms with van der Waals surface area (Å²) < 4.78 is 1.16. The van der Waals surface area contributed by atoms with Crippen LogP contribution in [0.25, 0.3) is 0 Å². The number of nitrogens with two attached hydrogens (primary N) is 1. The molecule has 0 saturated heterocycles. The van der Waals surface area contributed by atoms with E-state index in [1.54, 1.807) is 11.8 Å². The molecule has 0 bridgehead atoms. The number of hydrogen-bond donors (Lipinski definition) is 1. The molecule has 0 spiro atoms. The van der Waals surface area contributed by atoms with Crippen molar-refractivity contribution in [1.82, 2.24) is 0 Å². The Kier molecular flexibility index (Phi) is 8.81. The zero-order valence-corrected chi connectivity index (χ0v) is 8.77. The van der Waals surface area contributed by atoms with Crippen molar-refractivity contribution in [3.05, 3.63) is 0 Å². The molecule has 0 heterocycles. The van der Waals surface area contributed by atoms with Crippen LogP contribution in [-0.4, -0.2) is 16.5 Å². The van der Waals surface area contributed by atoms with Crippen molar-refractivity contribution < 1.29 is 0 Å². The van der Waals surface area contributed by atoms with Crippen molar-refractivity contribution in [2.75, 3.05) is 12.3 Å². The Morgan fingerprint density at radius 3 is 2.64 bits per heavy atom. The van der Waals surface area contributed by atoms with Gasteiger partial charge in [0, 0.05) is 4.20 Å². The summed E-state index contributed by atoms with van der Waals surface area (Å²) in [6.45, 7) is 2.95. The monoisotopic (exact) mass is 191 g/mol. The lowest BCUT2D eigenvalue weighted by molar-refractivity contribution is 0.709. The molecule has 0 saturated carbocycles.